The number of hydrogen-bond acceptors (Lipinski definition) is 3. The van der Waals surface area contributed by atoms with Gasteiger partial charge in [-0.15, -0.1) is 0 Å². The highest BCUT2D eigenvalue weighted by atomic mass is 16.1. The lowest BCUT2D eigenvalue weighted by molar-refractivity contribution is -0.114. The third-order valence-electron chi connectivity index (χ3n) is 0.926. The number of rotatable bonds is 0. The monoisotopic (exact) mass is 112 g/mol. The van der Waals surface area contributed by atoms with Crippen LogP contribution in [0, 0.1) is 0 Å². The Morgan fingerprint density at radius 3 is 2.88 bits per heavy atom. The van der Waals surface area contributed by atoms with E-state index < -0.39 is 0 Å². The van der Waals surface area contributed by atoms with E-state index in [-0.39, 0.29) is 5.78 Å². The molecule has 0 radical (unpaired) electrons. The summed E-state index contributed by atoms with van der Waals surface area (Å²) in [6.45, 7) is 2.24. The summed E-state index contributed by atoms with van der Waals surface area (Å²) in [7, 11) is 0. The molecule has 0 atom stereocenters. The molecule has 0 aliphatic carbocycles. The zero-order valence-electron chi connectivity index (χ0n) is 4.69. The molecule has 1 rings (SSSR count). The Bertz CT molecular complexity index is 139. The van der Waals surface area contributed by atoms with Crippen molar-refractivity contribution in [2.45, 2.75) is 6.92 Å². The first-order valence-electron chi connectivity index (χ1n) is 2.49. The van der Waals surface area contributed by atoms with Gasteiger partial charge in [-0.05, 0) is 6.92 Å². The van der Waals surface area contributed by atoms with E-state index in [2.05, 4.69) is 10.9 Å². The molecular formula is C5H8N2O. The molecule has 0 saturated carbocycles. The topological polar surface area (TPSA) is 41.1 Å². The van der Waals surface area contributed by atoms with Crippen LogP contribution in [-0.2, 0) is 4.79 Å². The summed E-state index contributed by atoms with van der Waals surface area (Å²) in [6, 6.07) is 0. The fraction of sp³-hybridized carbons (Fsp3) is 0.400. The lowest BCUT2D eigenvalue weighted by Gasteiger charge is -2.11. The minimum Gasteiger partial charge on any atom is -0.325 e. The number of carbonyl (C=O) groups is 1. The second-order valence-corrected chi connectivity index (χ2v) is 1.77. The van der Waals surface area contributed by atoms with Gasteiger partial charge in [0.25, 0.3) is 0 Å². The Balaban J connectivity index is 2.64. The molecule has 0 aromatic carbocycles. The van der Waals surface area contributed by atoms with Crippen LogP contribution in [0.15, 0.2) is 11.8 Å². The van der Waals surface area contributed by atoms with Gasteiger partial charge in [-0.3, -0.25) is 4.79 Å². The molecule has 0 bridgehead atoms. The van der Waals surface area contributed by atoms with Gasteiger partial charge in [-0.1, -0.05) is 0 Å². The van der Waals surface area contributed by atoms with Crippen molar-refractivity contribution in [1.29, 1.82) is 0 Å². The van der Waals surface area contributed by atoms with Gasteiger partial charge in [0, 0.05) is 11.8 Å². The lowest BCUT2D eigenvalue weighted by Crippen LogP contribution is -2.38. The van der Waals surface area contributed by atoms with Crippen LogP contribution in [0.1, 0.15) is 6.92 Å². The molecule has 44 valence electrons. The summed E-state index contributed by atoms with van der Waals surface area (Å²) < 4.78 is 0. The fourth-order valence-electron chi connectivity index (χ4n) is 0.599. The van der Waals surface area contributed by atoms with Crippen LogP contribution in [-0.4, -0.2) is 12.3 Å². The molecule has 3 nitrogen and oxygen atoms in total. The van der Waals surface area contributed by atoms with Crippen molar-refractivity contribution < 1.29 is 4.79 Å². The van der Waals surface area contributed by atoms with Gasteiger partial charge in [-0.2, -0.15) is 0 Å². The van der Waals surface area contributed by atoms with Crippen LogP contribution in [0.3, 0.4) is 0 Å². The zero-order chi connectivity index (χ0) is 5.98. The van der Waals surface area contributed by atoms with E-state index in [0.717, 1.165) is 5.70 Å². The number of hydrazine groups is 1. The molecule has 2 N–H and O–H groups in total. The Kier molecular flexibility index (Phi) is 1.30. The van der Waals surface area contributed by atoms with Gasteiger partial charge in [-0.25, -0.2) is 5.43 Å². The van der Waals surface area contributed by atoms with Crippen LogP contribution in [0.25, 0.3) is 0 Å². The van der Waals surface area contributed by atoms with E-state index in [9.17, 15) is 4.79 Å². The summed E-state index contributed by atoms with van der Waals surface area (Å²) in [6.07, 6.45) is 1.58. The minimum absolute atomic E-state index is 0.126. The lowest BCUT2D eigenvalue weighted by atomic mass is 10.3. The third kappa shape index (κ3) is 1.07. The summed E-state index contributed by atoms with van der Waals surface area (Å²) >= 11 is 0. The molecule has 0 aromatic rings. The molecule has 8 heavy (non-hydrogen) atoms. The first-order valence-corrected chi connectivity index (χ1v) is 2.49. The maximum atomic E-state index is 10.5. The van der Waals surface area contributed by atoms with Crippen molar-refractivity contribution in [3.8, 4) is 0 Å². The average molecular weight is 112 g/mol. The quantitative estimate of drug-likeness (QED) is 0.446. The third-order valence-corrected chi connectivity index (χ3v) is 0.926. The van der Waals surface area contributed by atoms with E-state index in [1.807, 2.05) is 6.92 Å². The fourth-order valence-corrected chi connectivity index (χ4v) is 0.599. The Labute approximate surface area is 47.7 Å². The van der Waals surface area contributed by atoms with Crippen LogP contribution >= 0.6 is 0 Å². The van der Waals surface area contributed by atoms with E-state index in [4.69, 9.17) is 0 Å². The summed E-state index contributed by atoms with van der Waals surface area (Å²) in [5.74, 6) is 0.126. The molecule has 0 spiro atoms. The number of allylic oxidation sites excluding steroid dienone is 1. The van der Waals surface area contributed by atoms with Crippen LogP contribution < -0.4 is 10.9 Å². The van der Waals surface area contributed by atoms with Gasteiger partial charge < -0.3 is 5.43 Å². The number of ketones is 1. The molecule has 0 saturated heterocycles. The summed E-state index contributed by atoms with van der Waals surface area (Å²) in [5, 5.41) is 0. The zero-order valence-corrected chi connectivity index (χ0v) is 4.69. The molecule has 1 aliphatic heterocycles. The van der Waals surface area contributed by atoms with Crippen molar-refractivity contribution in [2.75, 3.05) is 6.54 Å². The average Bonchev–Trinajstić information content (AvgIpc) is 1.64. The smallest absolute Gasteiger partial charge is 0.173 e. The highest BCUT2D eigenvalue weighted by Gasteiger charge is 2.02. The van der Waals surface area contributed by atoms with E-state index in [0.29, 0.717) is 6.54 Å². The molecule has 0 unspecified atom stereocenters. The maximum Gasteiger partial charge on any atom is 0.173 e. The van der Waals surface area contributed by atoms with Crippen LogP contribution in [0.5, 0.6) is 0 Å². The van der Waals surface area contributed by atoms with Gasteiger partial charge in [0.15, 0.2) is 5.78 Å². The molecule has 0 fully saturated rings. The number of nitrogens with one attached hydrogen (secondary N) is 2. The van der Waals surface area contributed by atoms with Crippen molar-refractivity contribution in [3.63, 3.8) is 0 Å². The standard InChI is InChI=1S/C5H8N2O/c1-4-2-5(8)3-6-7-4/h2,6-7H,3H2,1H3. The van der Waals surface area contributed by atoms with E-state index in [1.54, 1.807) is 6.08 Å². The largest absolute Gasteiger partial charge is 0.325 e. The van der Waals surface area contributed by atoms with Crippen molar-refractivity contribution in [3.05, 3.63) is 11.8 Å². The second kappa shape index (κ2) is 1.96. The normalized spacial score (nSPS) is 19.6. The number of hydrogen-bond donors (Lipinski definition) is 2. The first kappa shape index (κ1) is 5.31. The highest BCUT2D eigenvalue weighted by molar-refractivity contribution is 5.92. The van der Waals surface area contributed by atoms with E-state index in [1.165, 1.54) is 0 Å². The van der Waals surface area contributed by atoms with E-state index >= 15 is 0 Å². The van der Waals surface area contributed by atoms with Crippen molar-refractivity contribution >= 4 is 5.78 Å². The summed E-state index contributed by atoms with van der Waals surface area (Å²) in [4.78, 5) is 10.5. The molecule has 1 aliphatic rings. The molecule has 1 heterocycles. The Morgan fingerprint density at radius 1 is 1.75 bits per heavy atom. The second-order valence-electron chi connectivity index (χ2n) is 1.77. The minimum atomic E-state index is 0.126. The predicted molar refractivity (Wildman–Crippen MR) is 29.9 cm³/mol. The summed E-state index contributed by atoms with van der Waals surface area (Å²) in [5.41, 5.74) is 6.40. The SMILES string of the molecule is CC1=CC(=O)CNN1. The van der Waals surface area contributed by atoms with Crippen LogP contribution in [0.4, 0.5) is 0 Å². The molecule has 3 heteroatoms. The van der Waals surface area contributed by atoms with Gasteiger partial charge in [0.1, 0.15) is 0 Å². The number of carbonyl (C=O) groups excluding carboxylic acids is 1. The maximum absolute atomic E-state index is 10.5. The Hall–Kier alpha value is -0.830. The van der Waals surface area contributed by atoms with Gasteiger partial charge in [0.05, 0.1) is 6.54 Å². The molecular weight excluding hydrogens is 104 g/mol. The highest BCUT2D eigenvalue weighted by Crippen LogP contribution is 1.88. The van der Waals surface area contributed by atoms with Crippen LogP contribution in [0.2, 0.25) is 0 Å². The Morgan fingerprint density at radius 2 is 2.50 bits per heavy atom. The molecule has 0 amide bonds. The molecule has 0 aromatic heterocycles. The van der Waals surface area contributed by atoms with Crippen molar-refractivity contribution in [2.24, 2.45) is 0 Å². The van der Waals surface area contributed by atoms with Crippen molar-refractivity contribution in [1.82, 2.24) is 10.9 Å². The van der Waals surface area contributed by atoms with Gasteiger partial charge >= 0.3 is 0 Å². The predicted octanol–water partition coefficient (Wildman–Crippen LogP) is -0.433. The van der Waals surface area contributed by atoms with Gasteiger partial charge in [0.2, 0.25) is 0 Å². The first-order chi connectivity index (χ1) is 3.79.